The third-order valence-electron chi connectivity index (χ3n) is 3.73. The lowest BCUT2D eigenvalue weighted by Gasteiger charge is -2.27. The van der Waals surface area contributed by atoms with Crippen LogP contribution in [0.15, 0.2) is 0 Å². The van der Waals surface area contributed by atoms with Crippen molar-refractivity contribution in [3.8, 4) is 0 Å². The molecule has 1 aliphatic carbocycles. The summed E-state index contributed by atoms with van der Waals surface area (Å²) in [5.41, 5.74) is -0.439. The van der Waals surface area contributed by atoms with Crippen LogP contribution in [0.5, 0.6) is 0 Å². The fourth-order valence-corrected chi connectivity index (χ4v) is 2.69. The third kappa shape index (κ3) is 8.30. The van der Waals surface area contributed by atoms with Crippen LogP contribution in [0.1, 0.15) is 67.2 Å². The Morgan fingerprint density at radius 3 is 2.33 bits per heavy atom. The summed E-state index contributed by atoms with van der Waals surface area (Å²) in [6, 6.07) is 0.914. The fourth-order valence-electron chi connectivity index (χ4n) is 2.69. The predicted octanol–water partition coefficient (Wildman–Crippen LogP) is 3.70. The molecule has 0 saturated heterocycles. The van der Waals surface area contributed by atoms with Gasteiger partial charge < -0.3 is 15.4 Å². The highest BCUT2D eigenvalue weighted by Crippen LogP contribution is 2.34. The SMILES string of the molecule is CCC(NC(CNC(=O)OC(C)(C)C)CC(C)C)C1CC1. The molecule has 0 aromatic heterocycles. The molecule has 0 aliphatic heterocycles. The zero-order valence-corrected chi connectivity index (χ0v) is 14.7. The summed E-state index contributed by atoms with van der Waals surface area (Å²) in [5, 5.41) is 6.65. The van der Waals surface area contributed by atoms with E-state index in [1.54, 1.807) is 0 Å². The molecule has 1 aliphatic rings. The van der Waals surface area contributed by atoms with Gasteiger partial charge in [-0.1, -0.05) is 20.8 Å². The minimum Gasteiger partial charge on any atom is -0.444 e. The molecule has 4 heteroatoms. The first-order valence-electron chi connectivity index (χ1n) is 8.44. The Labute approximate surface area is 130 Å². The first-order chi connectivity index (χ1) is 9.71. The van der Waals surface area contributed by atoms with E-state index in [1.165, 1.54) is 12.8 Å². The number of ether oxygens (including phenoxy) is 1. The van der Waals surface area contributed by atoms with Crippen LogP contribution in [0.4, 0.5) is 4.79 Å². The van der Waals surface area contributed by atoms with Crippen LogP contribution in [0.25, 0.3) is 0 Å². The Bertz CT molecular complexity index is 319. The second-order valence-corrected chi connectivity index (χ2v) is 7.73. The van der Waals surface area contributed by atoms with E-state index in [-0.39, 0.29) is 6.09 Å². The van der Waals surface area contributed by atoms with Gasteiger partial charge in [-0.25, -0.2) is 4.79 Å². The second-order valence-electron chi connectivity index (χ2n) is 7.73. The van der Waals surface area contributed by atoms with Gasteiger partial charge in [0.1, 0.15) is 5.60 Å². The van der Waals surface area contributed by atoms with Crippen molar-refractivity contribution >= 4 is 6.09 Å². The average Bonchev–Trinajstić information content (AvgIpc) is 3.13. The van der Waals surface area contributed by atoms with Gasteiger partial charge in [-0.05, 0) is 58.3 Å². The van der Waals surface area contributed by atoms with Crippen LogP contribution in [0.2, 0.25) is 0 Å². The molecule has 1 fully saturated rings. The third-order valence-corrected chi connectivity index (χ3v) is 3.73. The zero-order chi connectivity index (χ0) is 16.0. The number of nitrogens with one attached hydrogen (secondary N) is 2. The van der Waals surface area contributed by atoms with Gasteiger partial charge in [-0.2, -0.15) is 0 Å². The summed E-state index contributed by atoms with van der Waals surface area (Å²) in [6.07, 6.45) is 4.60. The topological polar surface area (TPSA) is 50.4 Å². The van der Waals surface area contributed by atoms with E-state index in [2.05, 4.69) is 31.4 Å². The predicted molar refractivity (Wildman–Crippen MR) is 87.4 cm³/mol. The smallest absolute Gasteiger partial charge is 0.407 e. The Balaban J connectivity index is 2.43. The molecular weight excluding hydrogens is 264 g/mol. The van der Waals surface area contributed by atoms with Gasteiger partial charge in [0.05, 0.1) is 0 Å². The van der Waals surface area contributed by atoms with E-state index in [4.69, 9.17) is 4.74 Å². The summed E-state index contributed by atoms with van der Waals surface area (Å²) in [4.78, 5) is 11.8. The van der Waals surface area contributed by atoms with E-state index in [1.807, 2.05) is 20.8 Å². The molecule has 2 N–H and O–H groups in total. The number of amides is 1. The molecule has 2 atom stereocenters. The number of rotatable bonds is 8. The lowest BCUT2D eigenvalue weighted by Crippen LogP contribution is -2.47. The molecular formula is C17H34N2O2. The molecule has 1 saturated carbocycles. The molecule has 4 nitrogen and oxygen atoms in total. The van der Waals surface area contributed by atoms with Gasteiger partial charge in [-0.15, -0.1) is 0 Å². The molecule has 21 heavy (non-hydrogen) atoms. The van der Waals surface area contributed by atoms with Crippen LogP contribution >= 0.6 is 0 Å². The summed E-state index contributed by atoms with van der Waals surface area (Å²) in [7, 11) is 0. The maximum Gasteiger partial charge on any atom is 0.407 e. The van der Waals surface area contributed by atoms with Gasteiger partial charge in [0.15, 0.2) is 0 Å². The van der Waals surface area contributed by atoms with Crippen molar-refractivity contribution in [3.63, 3.8) is 0 Å². The average molecular weight is 298 g/mol. The molecule has 1 amide bonds. The maximum absolute atomic E-state index is 11.8. The van der Waals surface area contributed by atoms with E-state index in [9.17, 15) is 4.79 Å². The van der Waals surface area contributed by atoms with Crippen LogP contribution < -0.4 is 10.6 Å². The first-order valence-corrected chi connectivity index (χ1v) is 8.44. The molecule has 124 valence electrons. The van der Waals surface area contributed by atoms with Crippen molar-refractivity contribution in [2.24, 2.45) is 11.8 Å². The second kappa shape index (κ2) is 8.02. The minimum absolute atomic E-state index is 0.322. The molecule has 0 aromatic carbocycles. The van der Waals surface area contributed by atoms with Gasteiger partial charge in [-0.3, -0.25) is 0 Å². The standard InChI is InChI=1S/C17H34N2O2/c1-7-15(13-8-9-13)19-14(10-12(2)3)11-18-16(20)21-17(4,5)6/h12-15,19H,7-11H2,1-6H3,(H,18,20). The molecule has 1 rings (SSSR count). The van der Waals surface area contributed by atoms with Gasteiger partial charge in [0.25, 0.3) is 0 Å². The lowest BCUT2D eigenvalue weighted by atomic mass is 10.0. The van der Waals surface area contributed by atoms with Gasteiger partial charge in [0.2, 0.25) is 0 Å². The van der Waals surface area contributed by atoms with Crippen LogP contribution in [0.3, 0.4) is 0 Å². The van der Waals surface area contributed by atoms with Crippen molar-refractivity contribution in [1.29, 1.82) is 0 Å². The highest BCUT2D eigenvalue weighted by atomic mass is 16.6. The van der Waals surface area contributed by atoms with E-state index in [0.29, 0.717) is 24.5 Å². The number of hydrogen-bond acceptors (Lipinski definition) is 3. The quantitative estimate of drug-likeness (QED) is 0.718. The summed E-state index contributed by atoms with van der Waals surface area (Å²) < 4.78 is 5.31. The molecule has 0 aromatic rings. The van der Waals surface area contributed by atoms with Crippen LogP contribution in [-0.2, 0) is 4.74 Å². The summed E-state index contributed by atoms with van der Waals surface area (Å²) >= 11 is 0. The minimum atomic E-state index is -0.439. The van der Waals surface area contributed by atoms with E-state index >= 15 is 0 Å². The highest BCUT2D eigenvalue weighted by molar-refractivity contribution is 5.67. The Hall–Kier alpha value is -0.770. The molecule has 0 heterocycles. The van der Waals surface area contributed by atoms with Gasteiger partial charge in [0, 0.05) is 18.6 Å². The Kier molecular flexibility index (Phi) is 6.98. The van der Waals surface area contributed by atoms with Crippen molar-refractivity contribution in [3.05, 3.63) is 0 Å². The summed E-state index contributed by atoms with van der Waals surface area (Å²) in [5.74, 6) is 1.45. The van der Waals surface area contributed by atoms with Crippen molar-refractivity contribution in [1.82, 2.24) is 10.6 Å². The lowest BCUT2D eigenvalue weighted by molar-refractivity contribution is 0.0519. The van der Waals surface area contributed by atoms with Crippen LogP contribution in [-0.4, -0.2) is 30.3 Å². The van der Waals surface area contributed by atoms with Gasteiger partial charge >= 0.3 is 6.09 Å². The molecule has 0 radical (unpaired) electrons. The number of carbonyl (C=O) groups is 1. The van der Waals surface area contributed by atoms with Crippen LogP contribution in [0, 0.1) is 11.8 Å². The number of hydrogen-bond donors (Lipinski definition) is 2. The number of alkyl carbamates (subject to hydrolysis) is 1. The Morgan fingerprint density at radius 2 is 1.90 bits per heavy atom. The Morgan fingerprint density at radius 1 is 1.29 bits per heavy atom. The zero-order valence-electron chi connectivity index (χ0n) is 14.7. The van der Waals surface area contributed by atoms with Crippen molar-refractivity contribution < 1.29 is 9.53 Å². The highest BCUT2D eigenvalue weighted by Gasteiger charge is 2.31. The molecule has 2 unspecified atom stereocenters. The van der Waals surface area contributed by atoms with E-state index in [0.717, 1.165) is 18.8 Å². The van der Waals surface area contributed by atoms with E-state index < -0.39 is 5.60 Å². The normalized spacial score (nSPS) is 18.4. The largest absolute Gasteiger partial charge is 0.444 e. The fraction of sp³-hybridized carbons (Fsp3) is 0.941. The monoisotopic (exact) mass is 298 g/mol. The van der Waals surface area contributed by atoms with Crippen molar-refractivity contribution in [2.45, 2.75) is 84.9 Å². The first kappa shape index (κ1) is 18.3. The molecule has 0 bridgehead atoms. The number of carbonyl (C=O) groups excluding carboxylic acids is 1. The maximum atomic E-state index is 11.8. The van der Waals surface area contributed by atoms with Crippen molar-refractivity contribution in [2.75, 3.05) is 6.54 Å². The molecule has 0 spiro atoms. The summed E-state index contributed by atoms with van der Waals surface area (Å²) in [6.45, 7) is 13.0.